The van der Waals surface area contributed by atoms with Gasteiger partial charge >= 0.3 is 5.76 Å². The Labute approximate surface area is 143 Å². The van der Waals surface area contributed by atoms with Gasteiger partial charge in [-0.2, -0.15) is 0 Å². The predicted octanol–water partition coefficient (Wildman–Crippen LogP) is 2.70. The summed E-state index contributed by atoms with van der Waals surface area (Å²) in [5.41, 5.74) is 1.04. The van der Waals surface area contributed by atoms with Gasteiger partial charge in [-0.1, -0.05) is 12.1 Å². The van der Waals surface area contributed by atoms with Gasteiger partial charge in [-0.25, -0.2) is 9.18 Å². The first-order chi connectivity index (χ1) is 12.2. The van der Waals surface area contributed by atoms with Crippen LogP contribution in [0.4, 0.5) is 4.39 Å². The number of para-hydroxylation sites is 1. The van der Waals surface area contributed by atoms with Gasteiger partial charge in [-0.05, 0) is 37.2 Å². The molecule has 0 bridgehead atoms. The number of rotatable bonds is 9. The third-order valence-corrected chi connectivity index (χ3v) is 3.51. The van der Waals surface area contributed by atoms with Gasteiger partial charge in [0.05, 0.1) is 12.1 Å². The van der Waals surface area contributed by atoms with E-state index in [9.17, 15) is 9.18 Å². The fourth-order valence-electron chi connectivity index (χ4n) is 2.36. The van der Waals surface area contributed by atoms with Gasteiger partial charge in [0.1, 0.15) is 18.2 Å². The van der Waals surface area contributed by atoms with Crippen molar-refractivity contribution < 1.29 is 18.3 Å². The SMILES string of the molecule is O=c1[nH]c2cccc(OCCNCCCOc3cccc(F)c3)c2o1. The van der Waals surface area contributed by atoms with Crippen LogP contribution in [0.3, 0.4) is 0 Å². The summed E-state index contributed by atoms with van der Waals surface area (Å²) < 4.78 is 29.1. The van der Waals surface area contributed by atoms with Crippen LogP contribution in [-0.4, -0.2) is 31.3 Å². The molecular weight excluding hydrogens is 327 g/mol. The Hall–Kier alpha value is -2.80. The summed E-state index contributed by atoms with van der Waals surface area (Å²) in [7, 11) is 0. The number of hydrogen-bond acceptors (Lipinski definition) is 5. The maximum atomic E-state index is 13.0. The second-order valence-electron chi connectivity index (χ2n) is 5.41. The highest BCUT2D eigenvalue weighted by molar-refractivity contribution is 5.78. The van der Waals surface area contributed by atoms with E-state index < -0.39 is 5.76 Å². The van der Waals surface area contributed by atoms with Crippen LogP contribution in [0.15, 0.2) is 51.7 Å². The number of ether oxygens (including phenoxy) is 2. The minimum Gasteiger partial charge on any atom is -0.493 e. The quantitative estimate of drug-likeness (QED) is 0.583. The van der Waals surface area contributed by atoms with Gasteiger partial charge in [-0.15, -0.1) is 0 Å². The van der Waals surface area contributed by atoms with Crippen LogP contribution in [0.5, 0.6) is 11.5 Å². The molecule has 0 unspecified atom stereocenters. The van der Waals surface area contributed by atoms with E-state index in [1.165, 1.54) is 12.1 Å². The van der Waals surface area contributed by atoms with Gasteiger partial charge in [0.2, 0.25) is 0 Å². The summed E-state index contributed by atoms with van der Waals surface area (Å²) in [6, 6.07) is 11.4. The Morgan fingerprint density at radius 2 is 1.96 bits per heavy atom. The normalized spacial score (nSPS) is 10.9. The molecule has 0 spiro atoms. The summed E-state index contributed by atoms with van der Waals surface area (Å²) in [5.74, 6) is 0.264. The molecule has 0 saturated carbocycles. The molecule has 0 radical (unpaired) electrons. The maximum absolute atomic E-state index is 13.0. The van der Waals surface area contributed by atoms with Crippen LogP contribution in [0.1, 0.15) is 6.42 Å². The first kappa shape index (κ1) is 17.0. The lowest BCUT2D eigenvalue weighted by Gasteiger charge is -2.08. The molecule has 0 aliphatic carbocycles. The molecule has 0 aliphatic rings. The molecule has 0 aliphatic heterocycles. The van der Waals surface area contributed by atoms with Crippen molar-refractivity contribution in [2.45, 2.75) is 6.42 Å². The predicted molar refractivity (Wildman–Crippen MR) is 91.7 cm³/mol. The molecule has 2 N–H and O–H groups in total. The Bertz CT molecular complexity index is 875. The second-order valence-corrected chi connectivity index (χ2v) is 5.41. The summed E-state index contributed by atoms with van der Waals surface area (Å²) >= 11 is 0. The molecule has 3 aromatic rings. The standard InChI is InChI=1S/C18H19FN2O4/c19-13-4-1-5-14(12-13)23-10-3-8-20-9-11-24-16-7-2-6-15-17(16)25-18(22)21-15/h1-2,4-7,12,20H,3,8-11H2,(H,21,22). The zero-order valence-electron chi connectivity index (χ0n) is 13.6. The van der Waals surface area contributed by atoms with Crippen LogP contribution in [0, 0.1) is 5.82 Å². The fourth-order valence-corrected chi connectivity index (χ4v) is 2.36. The van der Waals surface area contributed by atoms with Crippen molar-refractivity contribution in [3.05, 3.63) is 58.8 Å². The zero-order valence-corrected chi connectivity index (χ0v) is 13.6. The monoisotopic (exact) mass is 346 g/mol. The minimum atomic E-state index is -0.498. The van der Waals surface area contributed by atoms with Crippen LogP contribution < -0.4 is 20.5 Å². The Kier molecular flexibility index (Phi) is 5.69. The lowest BCUT2D eigenvalue weighted by molar-refractivity contribution is 0.293. The zero-order chi connectivity index (χ0) is 17.5. The van der Waals surface area contributed by atoms with E-state index in [1.54, 1.807) is 30.3 Å². The van der Waals surface area contributed by atoms with Crippen molar-refractivity contribution >= 4 is 11.1 Å². The van der Waals surface area contributed by atoms with Crippen LogP contribution in [0.25, 0.3) is 11.1 Å². The summed E-state index contributed by atoms with van der Waals surface area (Å²) in [5, 5.41) is 3.23. The van der Waals surface area contributed by atoms with E-state index in [-0.39, 0.29) is 5.82 Å². The van der Waals surface area contributed by atoms with Gasteiger partial charge in [0.15, 0.2) is 11.3 Å². The summed E-state index contributed by atoms with van der Waals surface area (Å²) in [6.07, 6.45) is 0.790. The number of aromatic nitrogens is 1. The molecule has 3 rings (SSSR count). The average Bonchev–Trinajstić information content (AvgIpc) is 2.98. The smallest absolute Gasteiger partial charge is 0.417 e. The number of hydrogen-bond donors (Lipinski definition) is 2. The molecule has 132 valence electrons. The van der Waals surface area contributed by atoms with Crippen LogP contribution >= 0.6 is 0 Å². The number of H-pyrrole nitrogens is 1. The van der Waals surface area contributed by atoms with E-state index >= 15 is 0 Å². The maximum Gasteiger partial charge on any atom is 0.417 e. The van der Waals surface area contributed by atoms with E-state index in [1.807, 2.05) is 0 Å². The van der Waals surface area contributed by atoms with E-state index in [4.69, 9.17) is 13.9 Å². The van der Waals surface area contributed by atoms with Crippen molar-refractivity contribution in [1.29, 1.82) is 0 Å². The molecular formula is C18H19FN2O4. The number of fused-ring (bicyclic) bond motifs is 1. The molecule has 2 aromatic carbocycles. The van der Waals surface area contributed by atoms with Crippen molar-refractivity contribution in [2.24, 2.45) is 0 Å². The van der Waals surface area contributed by atoms with Gasteiger partial charge in [0, 0.05) is 12.6 Å². The first-order valence-electron chi connectivity index (χ1n) is 8.06. The largest absolute Gasteiger partial charge is 0.493 e. The van der Waals surface area contributed by atoms with Crippen molar-refractivity contribution in [3.8, 4) is 11.5 Å². The van der Waals surface area contributed by atoms with Crippen molar-refractivity contribution in [1.82, 2.24) is 10.3 Å². The molecule has 1 aromatic heterocycles. The molecule has 0 saturated heterocycles. The van der Waals surface area contributed by atoms with E-state index in [0.29, 0.717) is 42.4 Å². The molecule has 0 amide bonds. The molecule has 6 nitrogen and oxygen atoms in total. The lowest BCUT2D eigenvalue weighted by atomic mass is 10.3. The summed E-state index contributed by atoms with van der Waals surface area (Å²) in [4.78, 5) is 13.8. The Morgan fingerprint density at radius 3 is 2.84 bits per heavy atom. The Morgan fingerprint density at radius 1 is 1.08 bits per heavy atom. The lowest BCUT2D eigenvalue weighted by Crippen LogP contribution is -2.23. The topological polar surface area (TPSA) is 76.5 Å². The van der Waals surface area contributed by atoms with Crippen LogP contribution in [-0.2, 0) is 0 Å². The molecule has 7 heteroatoms. The highest BCUT2D eigenvalue weighted by Gasteiger charge is 2.07. The number of halogens is 1. The van der Waals surface area contributed by atoms with E-state index in [2.05, 4.69) is 10.3 Å². The third-order valence-electron chi connectivity index (χ3n) is 3.51. The second kappa shape index (κ2) is 8.34. The Balaban J connectivity index is 1.32. The number of benzene rings is 2. The minimum absolute atomic E-state index is 0.305. The molecule has 0 fully saturated rings. The van der Waals surface area contributed by atoms with Crippen molar-refractivity contribution in [2.75, 3.05) is 26.3 Å². The molecule has 25 heavy (non-hydrogen) atoms. The van der Waals surface area contributed by atoms with E-state index in [0.717, 1.165) is 13.0 Å². The van der Waals surface area contributed by atoms with Crippen molar-refractivity contribution in [3.63, 3.8) is 0 Å². The summed E-state index contributed by atoms with van der Waals surface area (Å²) in [6.45, 7) is 2.34. The number of aromatic amines is 1. The fraction of sp³-hybridized carbons (Fsp3) is 0.278. The third kappa shape index (κ3) is 4.84. The number of oxazole rings is 1. The molecule has 1 heterocycles. The van der Waals surface area contributed by atoms with Gasteiger partial charge < -0.3 is 19.2 Å². The highest BCUT2D eigenvalue weighted by Crippen LogP contribution is 2.22. The highest BCUT2D eigenvalue weighted by atomic mass is 19.1. The number of nitrogens with one attached hydrogen (secondary N) is 2. The van der Waals surface area contributed by atoms with Crippen LogP contribution in [0.2, 0.25) is 0 Å². The van der Waals surface area contributed by atoms with Gasteiger partial charge in [0.25, 0.3) is 0 Å². The molecule has 0 atom stereocenters. The van der Waals surface area contributed by atoms with Gasteiger partial charge in [-0.3, -0.25) is 4.98 Å². The average molecular weight is 346 g/mol. The first-order valence-corrected chi connectivity index (χ1v) is 8.06.